The number of aryl methyl sites for hydroxylation is 1. The lowest BCUT2D eigenvalue weighted by Crippen LogP contribution is -2.28. The van der Waals surface area contributed by atoms with E-state index < -0.39 is 0 Å². The molecular formula is C23H21N5O. The Morgan fingerprint density at radius 3 is 2.83 bits per heavy atom. The summed E-state index contributed by atoms with van der Waals surface area (Å²) in [6, 6.07) is 12.1. The molecule has 0 unspecified atom stereocenters. The van der Waals surface area contributed by atoms with Gasteiger partial charge in [-0.1, -0.05) is 6.07 Å². The van der Waals surface area contributed by atoms with Gasteiger partial charge in [-0.25, -0.2) is 4.98 Å². The minimum Gasteiger partial charge on any atom is -0.337 e. The summed E-state index contributed by atoms with van der Waals surface area (Å²) in [6.07, 6.45) is 10.1. The maximum atomic E-state index is 13.0. The Labute approximate surface area is 168 Å². The average molecular weight is 383 g/mol. The number of likely N-dealkylation sites (tertiary alicyclic amines) is 1. The van der Waals surface area contributed by atoms with Crippen molar-refractivity contribution in [3.05, 3.63) is 84.2 Å². The summed E-state index contributed by atoms with van der Waals surface area (Å²) in [7, 11) is 0. The summed E-state index contributed by atoms with van der Waals surface area (Å²) >= 11 is 0. The fourth-order valence-corrected chi connectivity index (χ4v) is 4.02. The Balaban J connectivity index is 1.36. The summed E-state index contributed by atoms with van der Waals surface area (Å²) in [5.74, 6) is 0.306. The van der Waals surface area contributed by atoms with Crippen molar-refractivity contribution in [3.63, 3.8) is 0 Å². The Kier molecular flexibility index (Phi) is 4.31. The van der Waals surface area contributed by atoms with Crippen LogP contribution in [0.25, 0.3) is 16.9 Å². The van der Waals surface area contributed by atoms with Gasteiger partial charge in [0.15, 0.2) is 0 Å². The van der Waals surface area contributed by atoms with E-state index in [1.54, 1.807) is 12.4 Å². The van der Waals surface area contributed by atoms with Gasteiger partial charge in [0.05, 0.1) is 5.69 Å². The standard InChI is InChI=1S/C23H21N5O/c1-16-3-2-11-27-15-21(26-22(16)27)23(29)28-12-7-19(14-28)18-6-10-25-20(13-18)17-4-8-24-9-5-17/h2-6,8-11,13,15,19H,7,12,14H2,1H3/t19-/m1/s1. The van der Waals surface area contributed by atoms with Crippen molar-refractivity contribution >= 4 is 11.6 Å². The predicted molar refractivity (Wildman–Crippen MR) is 111 cm³/mol. The lowest BCUT2D eigenvalue weighted by Gasteiger charge is -2.15. The first kappa shape index (κ1) is 17.6. The summed E-state index contributed by atoms with van der Waals surface area (Å²) in [4.78, 5) is 28.1. The highest BCUT2D eigenvalue weighted by atomic mass is 16.2. The molecule has 5 heterocycles. The number of pyridine rings is 3. The largest absolute Gasteiger partial charge is 0.337 e. The summed E-state index contributed by atoms with van der Waals surface area (Å²) in [5, 5.41) is 0. The number of fused-ring (bicyclic) bond motifs is 1. The van der Waals surface area contributed by atoms with Crippen molar-refractivity contribution in [1.82, 2.24) is 24.3 Å². The summed E-state index contributed by atoms with van der Waals surface area (Å²) in [6.45, 7) is 3.45. The summed E-state index contributed by atoms with van der Waals surface area (Å²) in [5.41, 5.74) is 5.60. The van der Waals surface area contributed by atoms with Crippen LogP contribution in [0.1, 0.15) is 34.0 Å². The molecule has 1 aliphatic rings. The van der Waals surface area contributed by atoms with Gasteiger partial charge in [-0.15, -0.1) is 0 Å². The van der Waals surface area contributed by atoms with Gasteiger partial charge in [0, 0.05) is 55.6 Å². The molecule has 0 bridgehead atoms. The van der Waals surface area contributed by atoms with E-state index >= 15 is 0 Å². The fourth-order valence-electron chi connectivity index (χ4n) is 4.02. The predicted octanol–water partition coefficient (Wildman–Crippen LogP) is 3.73. The lowest BCUT2D eigenvalue weighted by molar-refractivity contribution is 0.0785. The molecule has 1 aliphatic heterocycles. The molecule has 0 N–H and O–H groups in total. The molecule has 1 fully saturated rings. The first-order valence-electron chi connectivity index (χ1n) is 9.79. The van der Waals surface area contributed by atoms with Gasteiger partial charge in [0.25, 0.3) is 5.91 Å². The minimum atomic E-state index is -0.000914. The van der Waals surface area contributed by atoms with Crippen molar-refractivity contribution in [2.24, 2.45) is 0 Å². The van der Waals surface area contributed by atoms with Crippen molar-refractivity contribution in [3.8, 4) is 11.3 Å². The second-order valence-corrected chi connectivity index (χ2v) is 7.50. The minimum absolute atomic E-state index is 0.000914. The second-order valence-electron chi connectivity index (χ2n) is 7.50. The number of aromatic nitrogens is 4. The molecule has 0 spiro atoms. The number of rotatable bonds is 3. The molecule has 0 saturated carbocycles. The van der Waals surface area contributed by atoms with Crippen LogP contribution in [0.2, 0.25) is 0 Å². The molecule has 1 atom stereocenters. The molecule has 0 aromatic carbocycles. The molecule has 1 amide bonds. The first-order valence-corrected chi connectivity index (χ1v) is 9.79. The molecule has 4 aromatic rings. The molecule has 0 radical (unpaired) electrons. The number of imidazole rings is 1. The van der Waals surface area contributed by atoms with E-state index in [0.29, 0.717) is 18.2 Å². The SMILES string of the molecule is Cc1cccn2cc(C(=O)N3CC[C@@H](c4ccnc(-c5ccncc5)c4)C3)nc12. The highest BCUT2D eigenvalue weighted by Gasteiger charge is 2.29. The van der Waals surface area contributed by atoms with E-state index in [1.807, 2.05) is 59.1 Å². The Hall–Kier alpha value is -3.54. The van der Waals surface area contributed by atoms with Crippen LogP contribution in [-0.4, -0.2) is 43.2 Å². The van der Waals surface area contributed by atoms with Gasteiger partial charge in [-0.05, 0) is 54.8 Å². The second kappa shape index (κ2) is 7.13. The molecule has 29 heavy (non-hydrogen) atoms. The maximum Gasteiger partial charge on any atom is 0.274 e. The molecule has 5 rings (SSSR count). The fraction of sp³-hybridized carbons (Fsp3) is 0.217. The van der Waals surface area contributed by atoms with Crippen LogP contribution in [0, 0.1) is 6.92 Å². The van der Waals surface area contributed by atoms with Crippen LogP contribution in [0.3, 0.4) is 0 Å². The average Bonchev–Trinajstić information content (AvgIpc) is 3.42. The zero-order chi connectivity index (χ0) is 19.8. The Morgan fingerprint density at radius 1 is 1.14 bits per heavy atom. The van der Waals surface area contributed by atoms with Gasteiger partial charge in [-0.2, -0.15) is 0 Å². The van der Waals surface area contributed by atoms with E-state index in [-0.39, 0.29) is 5.91 Å². The Bertz CT molecular complexity index is 1180. The zero-order valence-electron chi connectivity index (χ0n) is 16.2. The number of hydrogen-bond acceptors (Lipinski definition) is 4. The smallest absolute Gasteiger partial charge is 0.274 e. The topological polar surface area (TPSA) is 63.4 Å². The number of carbonyl (C=O) groups is 1. The van der Waals surface area contributed by atoms with Gasteiger partial charge in [0.2, 0.25) is 0 Å². The number of carbonyl (C=O) groups excluding carboxylic acids is 1. The van der Waals surface area contributed by atoms with Crippen molar-refractivity contribution in [1.29, 1.82) is 0 Å². The maximum absolute atomic E-state index is 13.0. The number of nitrogens with zero attached hydrogens (tertiary/aromatic N) is 5. The normalized spacial score (nSPS) is 16.4. The quantitative estimate of drug-likeness (QED) is 0.541. The van der Waals surface area contributed by atoms with Crippen LogP contribution in [-0.2, 0) is 0 Å². The number of amides is 1. The van der Waals surface area contributed by atoms with Crippen molar-refractivity contribution in [2.45, 2.75) is 19.3 Å². The van der Waals surface area contributed by atoms with E-state index in [9.17, 15) is 4.79 Å². The van der Waals surface area contributed by atoms with Gasteiger partial charge in [-0.3, -0.25) is 14.8 Å². The molecule has 0 aliphatic carbocycles. The lowest BCUT2D eigenvalue weighted by atomic mass is 9.97. The van der Waals surface area contributed by atoms with E-state index in [0.717, 1.165) is 35.4 Å². The molecule has 6 nitrogen and oxygen atoms in total. The highest BCUT2D eigenvalue weighted by molar-refractivity contribution is 5.93. The van der Waals surface area contributed by atoms with Crippen molar-refractivity contribution < 1.29 is 4.79 Å². The first-order chi connectivity index (χ1) is 14.2. The Morgan fingerprint density at radius 2 is 2.00 bits per heavy atom. The van der Waals surface area contributed by atoms with Crippen LogP contribution < -0.4 is 0 Å². The van der Waals surface area contributed by atoms with Crippen LogP contribution >= 0.6 is 0 Å². The monoisotopic (exact) mass is 383 g/mol. The summed E-state index contributed by atoms with van der Waals surface area (Å²) < 4.78 is 1.92. The molecule has 4 aromatic heterocycles. The molecular weight excluding hydrogens is 362 g/mol. The molecule has 144 valence electrons. The molecule has 6 heteroatoms. The van der Waals surface area contributed by atoms with E-state index in [4.69, 9.17) is 0 Å². The van der Waals surface area contributed by atoms with E-state index in [1.165, 1.54) is 5.56 Å². The van der Waals surface area contributed by atoms with Crippen LogP contribution in [0.4, 0.5) is 0 Å². The molecule has 1 saturated heterocycles. The van der Waals surface area contributed by atoms with Crippen molar-refractivity contribution in [2.75, 3.05) is 13.1 Å². The van der Waals surface area contributed by atoms with Gasteiger partial charge in [0.1, 0.15) is 11.3 Å². The zero-order valence-corrected chi connectivity index (χ0v) is 16.2. The van der Waals surface area contributed by atoms with Gasteiger partial charge < -0.3 is 9.30 Å². The highest BCUT2D eigenvalue weighted by Crippen LogP contribution is 2.30. The third kappa shape index (κ3) is 3.27. The van der Waals surface area contributed by atoms with E-state index in [2.05, 4.69) is 27.1 Å². The number of hydrogen-bond donors (Lipinski definition) is 0. The van der Waals surface area contributed by atoms with Crippen LogP contribution in [0.15, 0.2) is 67.4 Å². The van der Waals surface area contributed by atoms with Crippen LogP contribution in [0.5, 0.6) is 0 Å². The third-order valence-electron chi connectivity index (χ3n) is 5.60. The third-order valence-corrected chi connectivity index (χ3v) is 5.60. The van der Waals surface area contributed by atoms with Gasteiger partial charge >= 0.3 is 0 Å².